The van der Waals surface area contributed by atoms with E-state index in [0.717, 1.165) is 32.5 Å². The van der Waals surface area contributed by atoms with Crippen LogP contribution in [0.3, 0.4) is 0 Å². The zero-order chi connectivity index (χ0) is 12.9. The Morgan fingerprint density at radius 1 is 1.41 bits per heavy atom. The predicted molar refractivity (Wildman–Crippen MR) is 71.1 cm³/mol. The minimum atomic E-state index is -0.152. The summed E-state index contributed by atoms with van der Waals surface area (Å²) in [4.78, 5) is 2.33. The van der Waals surface area contributed by atoms with Crippen LogP contribution in [-0.4, -0.2) is 50.0 Å². The molecule has 17 heavy (non-hydrogen) atoms. The number of rotatable bonds is 6. The molecule has 102 valence electrons. The summed E-state index contributed by atoms with van der Waals surface area (Å²) >= 11 is 0. The number of hydrogen-bond acceptors (Lipinski definition) is 3. The van der Waals surface area contributed by atoms with Crippen LogP contribution in [0.25, 0.3) is 0 Å². The van der Waals surface area contributed by atoms with Gasteiger partial charge in [0, 0.05) is 26.8 Å². The van der Waals surface area contributed by atoms with Crippen molar-refractivity contribution in [2.45, 2.75) is 45.6 Å². The Balaban J connectivity index is 2.34. The van der Waals surface area contributed by atoms with E-state index < -0.39 is 0 Å². The van der Waals surface area contributed by atoms with Crippen molar-refractivity contribution >= 4 is 0 Å². The lowest BCUT2D eigenvalue weighted by Gasteiger charge is -2.42. The second-order valence-corrected chi connectivity index (χ2v) is 6.19. The normalized spacial score (nSPS) is 28.6. The first-order valence-corrected chi connectivity index (χ1v) is 6.83. The average Bonchev–Trinajstić information content (AvgIpc) is 2.25. The fraction of sp³-hybridized carbons (Fsp3) is 1.00. The van der Waals surface area contributed by atoms with Crippen molar-refractivity contribution in [3.05, 3.63) is 0 Å². The third-order valence-electron chi connectivity index (χ3n) is 4.08. The molecule has 0 amide bonds. The Kier molecular flexibility index (Phi) is 5.90. The van der Waals surface area contributed by atoms with E-state index in [1.165, 1.54) is 12.8 Å². The Morgan fingerprint density at radius 2 is 2.12 bits per heavy atom. The van der Waals surface area contributed by atoms with E-state index in [-0.39, 0.29) is 11.5 Å². The second kappa shape index (κ2) is 6.72. The summed E-state index contributed by atoms with van der Waals surface area (Å²) in [7, 11) is 3.89. The first-order valence-electron chi connectivity index (χ1n) is 6.83. The summed E-state index contributed by atoms with van der Waals surface area (Å²) in [5.41, 5.74) is 0.0935. The molecule has 0 heterocycles. The summed E-state index contributed by atoms with van der Waals surface area (Å²) in [6.45, 7) is 7.26. The standard InChI is InChI=1S/C14H29NO2/c1-14(2)8-5-7-12(13(14)16)11-15(3)9-6-10-17-4/h12-13,16H,5-11H2,1-4H3. The molecule has 0 saturated heterocycles. The molecule has 1 rings (SSSR count). The molecule has 0 radical (unpaired) electrons. The average molecular weight is 243 g/mol. The molecule has 2 unspecified atom stereocenters. The highest BCUT2D eigenvalue weighted by molar-refractivity contribution is 4.89. The van der Waals surface area contributed by atoms with Crippen LogP contribution >= 0.6 is 0 Å². The van der Waals surface area contributed by atoms with Gasteiger partial charge in [0.05, 0.1) is 6.10 Å². The van der Waals surface area contributed by atoms with Gasteiger partial charge in [-0.3, -0.25) is 0 Å². The SMILES string of the molecule is COCCCN(C)CC1CCCC(C)(C)C1O. The molecule has 0 aromatic carbocycles. The van der Waals surface area contributed by atoms with Gasteiger partial charge in [0.15, 0.2) is 0 Å². The maximum Gasteiger partial charge on any atom is 0.0631 e. The summed E-state index contributed by atoms with van der Waals surface area (Å²) in [6.07, 6.45) is 4.48. The van der Waals surface area contributed by atoms with E-state index >= 15 is 0 Å². The van der Waals surface area contributed by atoms with Crippen LogP contribution in [-0.2, 0) is 4.74 Å². The first-order chi connectivity index (χ1) is 7.97. The van der Waals surface area contributed by atoms with E-state index in [4.69, 9.17) is 4.74 Å². The molecular formula is C14H29NO2. The molecular weight excluding hydrogens is 214 g/mol. The van der Waals surface area contributed by atoms with Gasteiger partial charge in [-0.2, -0.15) is 0 Å². The molecule has 0 bridgehead atoms. The number of aliphatic hydroxyl groups is 1. The lowest BCUT2D eigenvalue weighted by molar-refractivity contribution is -0.0411. The van der Waals surface area contributed by atoms with Crippen LogP contribution in [0.2, 0.25) is 0 Å². The van der Waals surface area contributed by atoms with E-state index in [9.17, 15) is 5.11 Å². The third kappa shape index (κ3) is 4.57. The van der Waals surface area contributed by atoms with Crippen LogP contribution in [0.5, 0.6) is 0 Å². The monoisotopic (exact) mass is 243 g/mol. The lowest BCUT2D eigenvalue weighted by atomic mass is 9.69. The molecule has 2 atom stereocenters. The van der Waals surface area contributed by atoms with Gasteiger partial charge in [0.1, 0.15) is 0 Å². The summed E-state index contributed by atoms with van der Waals surface area (Å²) < 4.78 is 5.06. The number of ether oxygens (including phenoxy) is 1. The highest BCUT2D eigenvalue weighted by Crippen LogP contribution is 2.39. The van der Waals surface area contributed by atoms with E-state index in [0.29, 0.717) is 5.92 Å². The predicted octanol–water partition coefficient (Wildman–Crippen LogP) is 2.14. The maximum atomic E-state index is 10.4. The van der Waals surface area contributed by atoms with Gasteiger partial charge in [-0.1, -0.05) is 20.3 Å². The molecule has 1 fully saturated rings. The van der Waals surface area contributed by atoms with Crippen molar-refractivity contribution in [2.24, 2.45) is 11.3 Å². The van der Waals surface area contributed by atoms with Crippen molar-refractivity contribution in [1.82, 2.24) is 4.90 Å². The van der Waals surface area contributed by atoms with Crippen LogP contribution < -0.4 is 0 Å². The van der Waals surface area contributed by atoms with Crippen molar-refractivity contribution in [1.29, 1.82) is 0 Å². The van der Waals surface area contributed by atoms with Crippen LogP contribution in [0.1, 0.15) is 39.5 Å². The quantitative estimate of drug-likeness (QED) is 0.726. The summed E-state index contributed by atoms with van der Waals surface area (Å²) in [5.74, 6) is 0.436. The number of hydrogen-bond donors (Lipinski definition) is 1. The Hall–Kier alpha value is -0.120. The molecule has 3 nitrogen and oxygen atoms in total. The molecule has 3 heteroatoms. The molecule has 0 aromatic heterocycles. The fourth-order valence-corrected chi connectivity index (χ4v) is 2.93. The maximum absolute atomic E-state index is 10.4. The number of aliphatic hydroxyl groups excluding tert-OH is 1. The molecule has 1 N–H and O–H groups in total. The smallest absolute Gasteiger partial charge is 0.0631 e. The van der Waals surface area contributed by atoms with Crippen LogP contribution in [0.4, 0.5) is 0 Å². The van der Waals surface area contributed by atoms with Gasteiger partial charge in [0.2, 0.25) is 0 Å². The minimum absolute atomic E-state index is 0.0935. The molecule has 1 saturated carbocycles. The Labute approximate surface area is 106 Å². The van der Waals surface area contributed by atoms with Gasteiger partial charge in [-0.25, -0.2) is 0 Å². The van der Waals surface area contributed by atoms with E-state index in [1.54, 1.807) is 7.11 Å². The largest absolute Gasteiger partial charge is 0.392 e. The third-order valence-corrected chi connectivity index (χ3v) is 4.08. The zero-order valence-electron chi connectivity index (χ0n) is 11.9. The highest BCUT2D eigenvalue weighted by Gasteiger charge is 2.37. The molecule has 0 aromatic rings. The van der Waals surface area contributed by atoms with Crippen molar-refractivity contribution in [2.75, 3.05) is 33.9 Å². The van der Waals surface area contributed by atoms with Crippen molar-refractivity contribution < 1.29 is 9.84 Å². The number of nitrogens with zero attached hydrogens (tertiary/aromatic N) is 1. The van der Waals surface area contributed by atoms with Gasteiger partial charge in [0.25, 0.3) is 0 Å². The Morgan fingerprint density at radius 3 is 2.76 bits per heavy atom. The Bertz CT molecular complexity index is 218. The lowest BCUT2D eigenvalue weighted by Crippen LogP contribution is -2.44. The second-order valence-electron chi connectivity index (χ2n) is 6.19. The van der Waals surface area contributed by atoms with Crippen molar-refractivity contribution in [3.8, 4) is 0 Å². The first kappa shape index (κ1) is 14.9. The van der Waals surface area contributed by atoms with Crippen molar-refractivity contribution in [3.63, 3.8) is 0 Å². The molecule has 0 spiro atoms. The molecule has 1 aliphatic rings. The summed E-state index contributed by atoms with van der Waals surface area (Å²) in [6, 6.07) is 0. The van der Waals surface area contributed by atoms with Gasteiger partial charge in [-0.05, 0) is 37.6 Å². The van der Waals surface area contributed by atoms with Crippen LogP contribution in [0.15, 0.2) is 0 Å². The zero-order valence-corrected chi connectivity index (χ0v) is 11.9. The molecule has 1 aliphatic carbocycles. The molecule has 0 aliphatic heterocycles. The topological polar surface area (TPSA) is 32.7 Å². The highest BCUT2D eigenvalue weighted by atomic mass is 16.5. The minimum Gasteiger partial charge on any atom is -0.392 e. The van der Waals surface area contributed by atoms with E-state index in [1.807, 2.05) is 0 Å². The fourth-order valence-electron chi connectivity index (χ4n) is 2.93. The van der Waals surface area contributed by atoms with Gasteiger partial charge >= 0.3 is 0 Å². The van der Waals surface area contributed by atoms with Gasteiger partial charge < -0.3 is 14.7 Å². The van der Waals surface area contributed by atoms with Gasteiger partial charge in [-0.15, -0.1) is 0 Å². The van der Waals surface area contributed by atoms with Crippen LogP contribution in [0, 0.1) is 11.3 Å². The number of methoxy groups -OCH3 is 1. The van der Waals surface area contributed by atoms with E-state index in [2.05, 4.69) is 25.8 Å². The summed E-state index contributed by atoms with van der Waals surface area (Å²) in [5, 5.41) is 10.4.